The van der Waals surface area contributed by atoms with E-state index in [-0.39, 0.29) is 5.91 Å². The zero-order valence-electron chi connectivity index (χ0n) is 12.1. The highest BCUT2D eigenvalue weighted by Gasteiger charge is 2.17. The molecule has 0 heterocycles. The van der Waals surface area contributed by atoms with Crippen LogP contribution in [0, 0.1) is 20.8 Å². The fourth-order valence-corrected chi connectivity index (χ4v) is 3.14. The van der Waals surface area contributed by atoms with E-state index in [1.54, 1.807) is 0 Å². The Morgan fingerprint density at radius 1 is 1.00 bits per heavy atom. The Bertz CT molecular complexity index is 680. The molecule has 0 fully saturated rings. The summed E-state index contributed by atoms with van der Waals surface area (Å²) in [4.78, 5) is 12.4. The summed E-state index contributed by atoms with van der Waals surface area (Å²) in [6.07, 6.45) is 0. The Hall–Kier alpha value is -1.33. The summed E-state index contributed by atoms with van der Waals surface area (Å²) in [6, 6.07) is 7.47. The van der Waals surface area contributed by atoms with Crippen molar-refractivity contribution >= 4 is 49.1 Å². The number of aryl methyl sites for hydroxylation is 1. The Balaban J connectivity index is 2.40. The summed E-state index contributed by atoms with van der Waals surface area (Å²) in [6.45, 7) is 5.83. The largest absolute Gasteiger partial charge is 0.397 e. The van der Waals surface area contributed by atoms with E-state index in [0.29, 0.717) is 11.3 Å². The van der Waals surface area contributed by atoms with E-state index in [0.717, 1.165) is 31.3 Å². The van der Waals surface area contributed by atoms with Crippen molar-refractivity contribution in [1.82, 2.24) is 0 Å². The normalized spacial score (nSPS) is 10.5. The number of benzene rings is 2. The quantitative estimate of drug-likeness (QED) is 0.685. The highest BCUT2D eigenvalue weighted by Crippen LogP contribution is 2.39. The van der Waals surface area contributed by atoms with Crippen LogP contribution < -0.4 is 11.1 Å². The molecule has 110 valence electrons. The first-order valence-corrected chi connectivity index (χ1v) is 8.03. The molecule has 0 atom stereocenters. The van der Waals surface area contributed by atoms with Crippen LogP contribution in [0.25, 0.3) is 0 Å². The molecule has 0 aliphatic rings. The lowest BCUT2D eigenvalue weighted by Gasteiger charge is -2.17. The molecule has 0 radical (unpaired) electrons. The van der Waals surface area contributed by atoms with Gasteiger partial charge in [0.15, 0.2) is 0 Å². The van der Waals surface area contributed by atoms with Crippen molar-refractivity contribution < 1.29 is 4.79 Å². The second kappa shape index (κ2) is 6.20. The van der Waals surface area contributed by atoms with Crippen molar-refractivity contribution in [3.8, 4) is 0 Å². The SMILES string of the molecule is Cc1ccc(C(=O)Nc2c(C)c(Br)c(N)c(Br)c2C)cc1. The molecule has 2 rings (SSSR count). The van der Waals surface area contributed by atoms with E-state index in [4.69, 9.17) is 5.73 Å². The molecule has 0 spiro atoms. The van der Waals surface area contributed by atoms with Crippen molar-refractivity contribution in [3.63, 3.8) is 0 Å². The third kappa shape index (κ3) is 3.14. The van der Waals surface area contributed by atoms with Gasteiger partial charge < -0.3 is 11.1 Å². The summed E-state index contributed by atoms with van der Waals surface area (Å²) in [5, 5.41) is 2.97. The number of nitrogens with one attached hydrogen (secondary N) is 1. The third-order valence-electron chi connectivity index (χ3n) is 3.43. The van der Waals surface area contributed by atoms with Crippen molar-refractivity contribution in [2.24, 2.45) is 0 Å². The van der Waals surface area contributed by atoms with Crippen LogP contribution in [0.2, 0.25) is 0 Å². The van der Waals surface area contributed by atoms with Gasteiger partial charge in [-0.15, -0.1) is 0 Å². The molecule has 0 aromatic heterocycles. The van der Waals surface area contributed by atoms with Crippen LogP contribution in [0.3, 0.4) is 0 Å². The summed E-state index contributed by atoms with van der Waals surface area (Å²) < 4.78 is 1.58. The van der Waals surface area contributed by atoms with Crippen molar-refractivity contribution in [3.05, 3.63) is 55.5 Å². The molecule has 5 heteroatoms. The molecular weight excluding hydrogens is 396 g/mol. The number of rotatable bonds is 2. The first-order chi connectivity index (χ1) is 9.82. The fraction of sp³-hybridized carbons (Fsp3) is 0.188. The molecule has 3 nitrogen and oxygen atoms in total. The number of amides is 1. The topological polar surface area (TPSA) is 55.1 Å². The highest BCUT2D eigenvalue weighted by molar-refractivity contribution is 9.11. The zero-order chi connectivity index (χ0) is 15.7. The number of hydrogen-bond donors (Lipinski definition) is 2. The second-order valence-electron chi connectivity index (χ2n) is 4.99. The van der Waals surface area contributed by atoms with Gasteiger partial charge in [0.2, 0.25) is 0 Å². The Labute approximate surface area is 141 Å². The molecular formula is C16H16Br2N2O. The second-order valence-corrected chi connectivity index (χ2v) is 6.57. The van der Waals surface area contributed by atoms with Gasteiger partial charge >= 0.3 is 0 Å². The predicted octanol–water partition coefficient (Wildman–Crippen LogP) is 4.97. The molecule has 0 aliphatic heterocycles. The van der Waals surface area contributed by atoms with E-state index in [2.05, 4.69) is 37.2 Å². The van der Waals surface area contributed by atoms with E-state index in [1.807, 2.05) is 45.0 Å². The van der Waals surface area contributed by atoms with Gasteiger partial charge in [0, 0.05) is 20.2 Å². The van der Waals surface area contributed by atoms with Crippen molar-refractivity contribution in [2.45, 2.75) is 20.8 Å². The Morgan fingerprint density at radius 3 is 1.95 bits per heavy atom. The van der Waals surface area contributed by atoms with Crippen molar-refractivity contribution in [1.29, 1.82) is 0 Å². The van der Waals surface area contributed by atoms with Crippen LogP contribution in [0.15, 0.2) is 33.2 Å². The number of hydrogen-bond acceptors (Lipinski definition) is 2. The molecule has 1 amide bonds. The van der Waals surface area contributed by atoms with Gasteiger partial charge in [-0.25, -0.2) is 0 Å². The Morgan fingerprint density at radius 2 is 1.48 bits per heavy atom. The first-order valence-electron chi connectivity index (χ1n) is 6.44. The predicted molar refractivity (Wildman–Crippen MR) is 94.9 cm³/mol. The minimum Gasteiger partial charge on any atom is -0.397 e. The van der Waals surface area contributed by atoms with Crippen LogP contribution in [0.5, 0.6) is 0 Å². The molecule has 0 saturated heterocycles. The summed E-state index contributed by atoms with van der Waals surface area (Å²) in [7, 11) is 0. The average Bonchev–Trinajstić information content (AvgIpc) is 2.48. The monoisotopic (exact) mass is 410 g/mol. The fourth-order valence-electron chi connectivity index (χ4n) is 2.08. The lowest BCUT2D eigenvalue weighted by atomic mass is 10.1. The molecule has 2 aromatic rings. The summed E-state index contributed by atoms with van der Waals surface area (Å²) in [5.41, 5.74) is 11.0. The van der Waals surface area contributed by atoms with Gasteiger partial charge in [-0.3, -0.25) is 4.79 Å². The Kier molecular flexibility index (Phi) is 4.74. The van der Waals surface area contributed by atoms with Gasteiger partial charge in [0.1, 0.15) is 0 Å². The number of anilines is 2. The van der Waals surface area contributed by atoms with Gasteiger partial charge in [-0.2, -0.15) is 0 Å². The number of nitrogen functional groups attached to an aromatic ring is 1. The number of halogens is 2. The van der Waals surface area contributed by atoms with Crippen LogP contribution in [-0.2, 0) is 0 Å². The zero-order valence-corrected chi connectivity index (χ0v) is 15.2. The van der Waals surface area contributed by atoms with Crippen LogP contribution in [0.1, 0.15) is 27.0 Å². The number of nitrogens with two attached hydrogens (primary N) is 1. The van der Waals surface area contributed by atoms with Gasteiger partial charge in [-0.05, 0) is 75.9 Å². The van der Waals surface area contributed by atoms with Gasteiger partial charge in [0.25, 0.3) is 5.91 Å². The first kappa shape index (κ1) is 16.0. The molecule has 0 unspecified atom stereocenters. The minimum atomic E-state index is -0.134. The molecule has 0 saturated carbocycles. The number of carbonyl (C=O) groups excluding carboxylic acids is 1. The third-order valence-corrected chi connectivity index (χ3v) is 5.48. The van der Waals surface area contributed by atoms with Crippen molar-refractivity contribution in [2.75, 3.05) is 11.1 Å². The lowest BCUT2D eigenvalue weighted by Crippen LogP contribution is -2.14. The minimum absolute atomic E-state index is 0.134. The summed E-state index contributed by atoms with van der Waals surface area (Å²) in [5.74, 6) is -0.134. The van der Waals surface area contributed by atoms with Crippen LogP contribution >= 0.6 is 31.9 Å². The van der Waals surface area contributed by atoms with E-state index in [9.17, 15) is 4.79 Å². The van der Waals surface area contributed by atoms with Crippen LogP contribution in [-0.4, -0.2) is 5.91 Å². The standard InChI is InChI=1S/C16H16Br2N2O/c1-8-4-6-11(7-5-8)16(21)20-15-9(2)12(17)14(19)13(18)10(15)3/h4-7H,19H2,1-3H3,(H,20,21). The average molecular weight is 412 g/mol. The van der Waals surface area contributed by atoms with E-state index < -0.39 is 0 Å². The number of carbonyl (C=O) groups is 1. The molecule has 0 bridgehead atoms. The van der Waals surface area contributed by atoms with E-state index in [1.165, 1.54) is 0 Å². The van der Waals surface area contributed by atoms with Gasteiger partial charge in [-0.1, -0.05) is 17.7 Å². The van der Waals surface area contributed by atoms with Gasteiger partial charge in [0.05, 0.1) is 5.69 Å². The molecule has 0 aliphatic carbocycles. The van der Waals surface area contributed by atoms with E-state index >= 15 is 0 Å². The maximum Gasteiger partial charge on any atom is 0.255 e. The molecule has 3 N–H and O–H groups in total. The highest BCUT2D eigenvalue weighted by atomic mass is 79.9. The maximum absolute atomic E-state index is 12.4. The maximum atomic E-state index is 12.4. The molecule has 21 heavy (non-hydrogen) atoms. The lowest BCUT2D eigenvalue weighted by molar-refractivity contribution is 0.102. The smallest absolute Gasteiger partial charge is 0.255 e. The van der Waals surface area contributed by atoms with Crippen LogP contribution in [0.4, 0.5) is 11.4 Å². The molecule has 2 aromatic carbocycles. The summed E-state index contributed by atoms with van der Waals surface area (Å²) >= 11 is 6.93.